The Balaban J connectivity index is 2.87. The minimum atomic E-state index is 0.193. The molecule has 0 saturated heterocycles. The number of aromatic hydroxyl groups is 1. The van der Waals surface area contributed by atoms with E-state index in [0.29, 0.717) is 10.5 Å². The summed E-state index contributed by atoms with van der Waals surface area (Å²) in [5.74, 6) is 0.193. The van der Waals surface area contributed by atoms with Crippen LogP contribution in [0.5, 0.6) is 5.75 Å². The van der Waals surface area contributed by atoms with Gasteiger partial charge in [0, 0.05) is 17.6 Å². The zero-order chi connectivity index (χ0) is 9.42. The Kier molecular flexibility index (Phi) is 2.14. The molecule has 2 rings (SSSR count). The number of phenolic OH excluding ortho intramolecular Hbond substituents is 1. The van der Waals surface area contributed by atoms with Crippen molar-refractivity contribution in [2.75, 3.05) is 0 Å². The van der Waals surface area contributed by atoms with Gasteiger partial charge in [0.2, 0.25) is 0 Å². The molecule has 1 heterocycles. The summed E-state index contributed by atoms with van der Waals surface area (Å²) in [6.45, 7) is 0. The second kappa shape index (κ2) is 3.16. The minimum Gasteiger partial charge on any atom is -0.508 e. The van der Waals surface area contributed by atoms with Crippen LogP contribution in [-0.4, -0.2) is 10.1 Å². The molecule has 1 aromatic heterocycles. The normalized spacial score (nSPS) is 10.6. The number of fused-ring (bicyclic) bond motifs is 1. The van der Waals surface area contributed by atoms with E-state index in [0.717, 1.165) is 9.86 Å². The fourth-order valence-corrected chi connectivity index (χ4v) is 1.65. The molecule has 0 fully saturated rings. The number of benzene rings is 1. The molecule has 4 heteroatoms. The van der Waals surface area contributed by atoms with Crippen LogP contribution in [0.1, 0.15) is 0 Å². The van der Waals surface area contributed by atoms with E-state index in [9.17, 15) is 5.11 Å². The molecule has 0 bridgehead atoms. The van der Waals surface area contributed by atoms with E-state index in [1.807, 2.05) is 0 Å². The summed E-state index contributed by atoms with van der Waals surface area (Å²) < 4.78 is 0.757. The fraction of sp³-hybridized carbons (Fsp3) is 0. The van der Waals surface area contributed by atoms with Crippen molar-refractivity contribution < 1.29 is 5.11 Å². The smallest absolute Gasteiger partial charge is 0.117 e. The lowest BCUT2D eigenvalue weighted by molar-refractivity contribution is 0.476. The summed E-state index contributed by atoms with van der Waals surface area (Å²) >= 11 is 9.29. The zero-order valence-corrected chi connectivity index (χ0v) is 8.80. The largest absolute Gasteiger partial charge is 0.508 e. The van der Waals surface area contributed by atoms with Crippen molar-refractivity contribution in [1.29, 1.82) is 0 Å². The summed E-state index contributed by atoms with van der Waals surface area (Å²) in [5, 5.41) is 10.6. The van der Waals surface area contributed by atoms with E-state index < -0.39 is 0 Å². The molecule has 0 saturated carbocycles. The second-order valence-corrected chi connectivity index (χ2v) is 3.85. The van der Waals surface area contributed by atoms with E-state index in [2.05, 4.69) is 20.9 Å². The monoisotopic (exact) mass is 257 g/mol. The van der Waals surface area contributed by atoms with Gasteiger partial charge in [-0.2, -0.15) is 0 Å². The standard InChI is InChI=1S/C9H5BrClNO/c10-7-4-12-8-3-5(13)1-2-6(8)9(7)11/h1-4,13H. The summed E-state index contributed by atoms with van der Waals surface area (Å²) in [7, 11) is 0. The summed E-state index contributed by atoms with van der Waals surface area (Å²) in [6, 6.07) is 4.90. The molecule has 0 aliphatic heterocycles. The highest BCUT2D eigenvalue weighted by atomic mass is 79.9. The molecule has 13 heavy (non-hydrogen) atoms. The first-order valence-electron chi connectivity index (χ1n) is 3.61. The number of hydrogen-bond donors (Lipinski definition) is 1. The molecule has 1 N–H and O–H groups in total. The third-order valence-corrected chi connectivity index (χ3v) is 2.98. The van der Waals surface area contributed by atoms with Gasteiger partial charge < -0.3 is 5.11 Å². The van der Waals surface area contributed by atoms with Gasteiger partial charge in [-0.15, -0.1) is 0 Å². The predicted octanol–water partition coefficient (Wildman–Crippen LogP) is 3.36. The number of hydrogen-bond acceptors (Lipinski definition) is 2. The van der Waals surface area contributed by atoms with Crippen molar-refractivity contribution in [2.45, 2.75) is 0 Å². The fourth-order valence-electron chi connectivity index (χ4n) is 1.12. The molecule has 0 atom stereocenters. The van der Waals surface area contributed by atoms with Crippen LogP contribution in [-0.2, 0) is 0 Å². The first-order chi connectivity index (χ1) is 6.18. The average Bonchev–Trinajstić information content (AvgIpc) is 2.12. The lowest BCUT2D eigenvalue weighted by Crippen LogP contribution is -1.80. The van der Waals surface area contributed by atoms with Crippen molar-refractivity contribution in [3.8, 4) is 5.75 Å². The third-order valence-electron chi connectivity index (χ3n) is 1.74. The van der Waals surface area contributed by atoms with Crippen LogP contribution in [0.4, 0.5) is 0 Å². The quantitative estimate of drug-likeness (QED) is 0.786. The highest BCUT2D eigenvalue weighted by Crippen LogP contribution is 2.30. The molecular weight excluding hydrogens is 253 g/mol. The molecule has 0 radical (unpaired) electrons. The number of pyridine rings is 1. The molecular formula is C9H5BrClNO. The van der Waals surface area contributed by atoms with E-state index in [-0.39, 0.29) is 5.75 Å². The molecule has 0 spiro atoms. The Morgan fingerprint density at radius 2 is 2.15 bits per heavy atom. The first kappa shape index (κ1) is 8.78. The summed E-state index contributed by atoms with van der Waals surface area (Å²) in [6.07, 6.45) is 1.62. The maximum absolute atomic E-state index is 9.20. The highest BCUT2D eigenvalue weighted by molar-refractivity contribution is 9.10. The Morgan fingerprint density at radius 1 is 1.38 bits per heavy atom. The van der Waals surface area contributed by atoms with Crippen LogP contribution in [0.25, 0.3) is 10.9 Å². The van der Waals surface area contributed by atoms with Crippen LogP contribution < -0.4 is 0 Å². The molecule has 0 aliphatic carbocycles. The van der Waals surface area contributed by atoms with Gasteiger partial charge in [0.1, 0.15) is 5.75 Å². The maximum atomic E-state index is 9.20. The predicted molar refractivity (Wildman–Crippen MR) is 56.1 cm³/mol. The highest BCUT2D eigenvalue weighted by Gasteiger charge is 2.04. The van der Waals surface area contributed by atoms with Gasteiger partial charge in [-0.1, -0.05) is 11.6 Å². The Bertz CT molecular complexity index is 472. The van der Waals surface area contributed by atoms with Gasteiger partial charge in [0.25, 0.3) is 0 Å². The third kappa shape index (κ3) is 1.49. The van der Waals surface area contributed by atoms with Gasteiger partial charge in [0.05, 0.1) is 15.0 Å². The SMILES string of the molecule is Oc1ccc2c(Cl)c(Br)cnc2c1. The molecule has 1 aromatic carbocycles. The summed E-state index contributed by atoms with van der Waals surface area (Å²) in [5.41, 5.74) is 0.688. The number of halogens is 2. The Labute approximate surface area is 88.3 Å². The van der Waals surface area contributed by atoms with E-state index in [1.54, 1.807) is 24.4 Å². The zero-order valence-electron chi connectivity index (χ0n) is 6.46. The van der Waals surface area contributed by atoms with Gasteiger partial charge in [-0.3, -0.25) is 4.98 Å². The molecule has 0 unspecified atom stereocenters. The van der Waals surface area contributed by atoms with Crippen LogP contribution in [0.2, 0.25) is 5.02 Å². The Morgan fingerprint density at radius 3 is 2.92 bits per heavy atom. The number of aromatic nitrogens is 1. The van der Waals surface area contributed by atoms with E-state index in [4.69, 9.17) is 11.6 Å². The van der Waals surface area contributed by atoms with E-state index >= 15 is 0 Å². The minimum absolute atomic E-state index is 0.193. The number of nitrogens with zero attached hydrogens (tertiary/aromatic N) is 1. The molecule has 2 aromatic rings. The van der Waals surface area contributed by atoms with Crippen LogP contribution in [0.15, 0.2) is 28.9 Å². The molecule has 0 aliphatic rings. The van der Waals surface area contributed by atoms with Crippen molar-refractivity contribution >= 4 is 38.4 Å². The first-order valence-corrected chi connectivity index (χ1v) is 4.78. The van der Waals surface area contributed by atoms with Gasteiger partial charge in [-0.05, 0) is 28.1 Å². The second-order valence-electron chi connectivity index (χ2n) is 2.62. The lowest BCUT2D eigenvalue weighted by Gasteiger charge is -2.01. The molecule has 66 valence electrons. The number of phenols is 1. The van der Waals surface area contributed by atoms with E-state index in [1.165, 1.54) is 0 Å². The van der Waals surface area contributed by atoms with Crippen LogP contribution in [0.3, 0.4) is 0 Å². The maximum Gasteiger partial charge on any atom is 0.117 e. The lowest BCUT2D eigenvalue weighted by atomic mass is 10.2. The van der Waals surface area contributed by atoms with Crippen molar-refractivity contribution in [3.63, 3.8) is 0 Å². The van der Waals surface area contributed by atoms with Crippen molar-refractivity contribution in [1.82, 2.24) is 4.98 Å². The van der Waals surface area contributed by atoms with Gasteiger partial charge in [-0.25, -0.2) is 0 Å². The Hall–Kier alpha value is -0.800. The van der Waals surface area contributed by atoms with Crippen molar-refractivity contribution in [3.05, 3.63) is 33.9 Å². The molecule has 2 nitrogen and oxygen atoms in total. The average molecular weight is 259 g/mol. The molecule has 0 amide bonds. The van der Waals surface area contributed by atoms with Gasteiger partial charge >= 0.3 is 0 Å². The topological polar surface area (TPSA) is 33.1 Å². The summed E-state index contributed by atoms with van der Waals surface area (Å²) in [4.78, 5) is 4.11. The van der Waals surface area contributed by atoms with Crippen LogP contribution >= 0.6 is 27.5 Å². The van der Waals surface area contributed by atoms with Crippen molar-refractivity contribution in [2.24, 2.45) is 0 Å². The van der Waals surface area contributed by atoms with Gasteiger partial charge in [0.15, 0.2) is 0 Å². The number of rotatable bonds is 0. The van der Waals surface area contributed by atoms with Crippen LogP contribution in [0, 0.1) is 0 Å².